The Bertz CT molecular complexity index is 1140. The van der Waals surface area contributed by atoms with E-state index >= 15 is 0 Å². The predicted octanol–water partition coefficient (Wildman–Crippen LogP) is 3.79. The van der Waals surface area contributed by atoms with Crippen LogP contribution in [-0.4, -0.2) is 19.6 Å². The zero-order valence-corrected chi connectivity index (χ0v) is 17.7. The smallest absolute Gasteiger partial charge is 0.342 e. The fourth-order valence-corrected chi connectivity index (χ4v) is 4.90. The lowest BCUT2D eigenvalue weighted by Crippen LogP contribution is -2.51. The molecule has 2 heterocycles. The van der Waals surface area contributed by atoms with Crippen LogP contribution in [0.4, 0.5) is 9.52 Å². The van der Waals surface area contributed by atoms with E-state index in [1.807, 2.05) is 49.2 Å². The summed E-state index contributed by atoms with van der Waals surface area (Å²) in [6.07, 6.45) is 0. The monoisotopic (exact) mass is 424 g/mol. The lowest BCUT2D eigenvalue weighted by atomic mass is 9.94. The molecule has 1 aliphatic heterocycles. The summed E-state index contributed by atoms with van der Waals surface area (Å²) in [4.78, 5) is 15.3. The Kier molecular flexibility index (Phi) is 5.30. The van der Waals surface area contributed by atoms with Gasteiger partial charge in [0.2, 0.25) is 0 Å². The van der Waals surface area contributed by atoms with E-state index in [1.54, 1.807) is 23.6 Å². The lowest BCUT2D eigenvalue weighted by Gasteiger charge is -2.29. The van der Waals surface area contributed by atoms with E-state index < -0.39 is 17.8 Å². The van der Waals surface area contributed by atoms with Crippen LogP contribution in [0.3, 0.4) is 0 Å². The highest BCUT2D eigenvalue weighted by atomic mass is 32.1. The van der Waals surface area contributed by atoms with E-state index in [9.17, 15) is 14.3 Å². The van der Waals surface area contributed by atoms with Gasteiger partial charge in [-0.05, 0) is 42.9 Å². The van der Waals surface area contributed by atoms with Crippen molar-refractivity contribution in [2.75, 3.05) is 18.6 Å². The third-order valence-corrected chi connectivity index (χ3v) is 6.49. The molecule has 0 saturated heterocycles. The molecule has 1 unspecified atom stereocenters. The van der Waals surface area contributed by atoms with Gasteiger partial charge in [-0.1, -0.05) is 42.5 Å². The van der Waals surface area contributed by atoms with Gasteiger partial charge < -0.3 is 9.84 Å². The molecule has 1 aliphatic rings. The van der Waals surface area contributed by atoms with Crippen molar-refractivity contribution in [3.05, 3.63) is 77.2 Å². The van der Waals surface area contributed by atoms with Gasteiger partial charge in [0.15, 0.2) is 6.04 Å². The maximum absolute atomic E-state index is 14.1. The number of carbonyl (C=O) groups is 1. The molecule has 0 N–H and O–H groups in total. The van der Waals surface area contributed by atoms with Crippen LogP contribution in [0.5, 0.6) is 5.88 Å². The van der Waals surface area contributed by atoms with Gasteiger partial charge in [0.25, 0.3) is 0 Å². The van der Waals surface area contributed by atoms with Crippen LogP contribution in [0, 0.1) is 5.82 Å². The van der Waals surface area contributed by atoms with Crippen LogP contribution in [-0.2, 0) is 9.53 Å². The molecule has 5 nitrogen and oxygen atoms in total. The van der Waals surface area contributed by atoms with Gasteiger partial charge in [-0.3, -0.25) is 0 Å². The Hall–Kier alpha value is -3.19. The molecule has 3 aromatic rings. The second kappa shape index (κ2) is 7.91. The average molecular weight is 424 g/mol. The summed E-state index contributed by atoms with van der Waals surface area (Å²) in [6, 6.07) is 14.6. The van der Waals surface area contributed by atoms with Crippen molar-refractivity contribution in [3.8, 4) is 16.3 Å². The van der Waals surface area contributed by atoms with Crippen molar-refractivity contribution in [1.82, 2.24) is 0 Å². The second-order valence-corrected chi connectivity index (χ2v) is 7.97. The molecule has 7 heteroatoms. The van der Waals surface area contributed by atoms with Crippen molar-refractivity contribution >= 4 is 22.4 Å². The predicted molar refractivity (Wildman–Crippen MR) is 112 cm³/mol. The fourth-order valence-electron chi connectivity index (χ4n) is 3.72. The van der Waals surface area contributed by atoms with E-state index in [1.165, 1.54) is 23.5 Å². The fraction of sp³-hybridized carbons (Fsp3) is 0.217. The number of thiazole rings is 1. The maximum Gasteiger partial charge on any atom is 0.342 e. The van der Waals surface area contributed by atoms with Gasteiger partial charge in [0.05, 0.1) is 24.4 Å². The van der Waals surface area contributed by atoms with Crippen LogP contribution in [0.2, 0.25) is 0 Å². The van der Waals surface area contributed by atoms with E-state index in [0.717, 1.165) is 5.56 Å². The van der Waals surface area contributed by atoms with E-state index in [4.69, 9.17) is 4.74 Å². The van der Waals surface area contributed by atoms with Crippen LogP contribution in [0.25, 0.3) is 10.4 Å². The van der Waals surface area contributed by atoms with Crippen molar-refractivity contribution in [2.45, 2.75) is 19.9 Å². The number of aromatic nitrogens is 1. The summed E-state index contributed by atoms with van der Waals surface area (Å²) < 4.78 is 21.0. The molecule has 154 valence electrons. The molecule has 1 atom stereocenters. The Morgan fingerprint density at radius 3 is 2.63 bits per heavy atom. The zero-order valence-electron chi connectivity index (χ0n) is 16.9. The molecular weight excluding hydrogens is 403 g/mol. The van der Waals surface area contributed by atoms with Crippen LogP contribution in [0.1, 0.15) is 25.5 Å². The van der Waals surface area contributed by atoms with E-state index in [0.29, 0.717) is 26.8 Å². The summed E-state index contributed by atoms with van der Waals surface area (Å²) in [5, 5.41) is 14.2. The molecular formula is C23H21FN2O3S. The van der Waals surface area contributed by atoms with E-state index in [-0.39, 0.29) is 12.5 Å². The second-order valence-electron chi connectivity index (χ2n) is 6.99. The standard InChI is InChI=1S/C23H21FN2O3S/c1-4-29-22(28)18-14(2)25(3)23-26(19(18)16-11-8-12-17(24)13-16)21(27)20(30-23)15-9-6-5-7-10-15/h5-13,19H,4H2,1-3H3. The first-order valence-electron chi connectivity index (χ1n) is 9.61. The third-order valence-electron chi connectivity index (χ3n) is 5.22. The maximum atomic E-state index is 14.1. The van der Waals surface area contributed by atoms with Crippen molar-refractivity contribution < 1.29 is 23.6 Å². The number of benzene rings is 2. The van der Waals surface area contributed by atoms with Crippen LogP contribution in [0.15, 0.2) is 65.9 Å². The van der Waals surface area contributed by atoms with E-state index in [2.05, 4.69) is 0 Å². The average Bonchev–Trinajstić information content (AvgIpc) is 3.08. The Morgan fingerprint density at radius 2 is 1.97 bits per heavy atom. The molecule has 30 heavy (non-hydrogen) atoms. The quantitative estimate of drug-likeness (QED) is 0.472. The first-order valence-corrected chi connectivity index (χ1v) is 10.4. The van der Waals surface area contributed by atoms with Gasteiger partial charge in [-0.25, -0.2) is 18.7 Å². The van der Waals surface area contributed by atoms with Crippen LogP contribution < -0.4 is 14.6 Å². The Labute approximate surface area is 178 Å². The van der Waals surface area contributed by atoms with Crippen LogP contribution >= 0.6 is 11.3 Å². The molecule has 0 aliphatic carbocycles. The molecule has 0 amide bonds. The first kappa shape index (κ1) is 20.1. The normalized spacial score (nSPS) is 15.9. The van der Waals surface area contributed by atoms with Gasteiger partial charge in [-0.2, -0.15) is 0 Å². The van der Waals surface area contributed by atoms with Gasteiger partial charge in [0, 0.05) is 5.56 Å². The molecule has 2 aromatic carbocycles. The van der Waals surface area contributed by atoms with Gasteiger partial charge in [-0.15, -0.1) is 0 Å². The number of carbonyl (C=O) groups excluding carboxylic acids is 1. The first-order chi connectivity index (χ1) is 14.4. The number of ether oxygens (including phenoxy) is 1. The van der Waals surface area contributed by atoms with Gasteiger partial charge >= 0.3 is 11.1 Å². The molecule has 4 rings (SSSR count). The molecule has 1 aromatic heterocycles. The minimum atomic E-state index is -0.771. The number of fused-ring (bicyclic) bond motifs is 1. The minimum absolute atomic E-state index is 0.204. The molecule has 0 fully saturated rings. The summed E-state index contributed by atoms with van der Waals surface area (Å²) in [5.41, 5.74) is 2.32. The third kappa shape index (κ3) is 3.25. The van der Waals surface area contributed by atoms with Crippen molar-refractivity contribution in [3.63, 3.8) is 0 Å². The Balaban J connectivity index is 1.98. The zero-order chi connectivity index (χ0) is 21.4. The largest absolute Gasteiger partial charge is 0.841 e. The highest BCUT2D eigenvalue weighted by molar-refractivity contribution is 7.18. The number of nitrogens with zero attached hydrogens (tertiary/aromatic N) is 2. The van der Waals surface area contributed by atoms with Crippen molar-refractivity contribution in [1.29, 1.82) is 0 Å². The number of rotatable bonds is 4. The SMILES string of the molecule is CCOC(=O)C1=C(C)N(C)c2sc(-c3ccccc3)c([O-])[n+]2C1c1cccc(F)c1. The number of hydrogen-bond donors (Lipinski definition) is 0. The summed E-state index contributed by atoms with van der Waals surface area (Å²) >= 11 is 1.35. The van der Waals surface area contributed by atoms with Crippen molar-refractivity contribution in [2.24, 2.45) is 0 Å². The topological polar surface area (TPSA) is 56.5 Å². The summed E-state index contributed by atoms with van der Waals surface area (Å²) in [7, 11) is 1.81. The molecule has 0 bridgehead atoms. The summed E-state index contributed by atoms with van der Waals surface area (Å²) in [5.74, 6) is -1.17. The number of anilines is 1. The Morgan fingerprint density at radius 1 is 1.23 bits per heavy atom. The number of allylic oxidation sites excluding steroid dienone is 1. The molecule has 0 saturated carbocycles. The molecule has 0 radical (unpaired) electrons. The number of hydrogen-bond acceptors (Lipinski definition) is 5. The molecule has 0 spiro atoms. The minimum Gasteiger partial charge on any atom is -0.841 e. The number of halogens is 1. The highest BCUT2D eigenvalue weighted by Gasteiger charge is 2.43. The van der Waals surface area contributed by atoms with Gasteiger partial charge in [0.1, 0.15) is 17.1 Å². The summed E-state index contributed by atoms with van der Waals surface area (Å²) in [6.45, 7) is 3.75. The number of esters is 1. The highest BCUT2D eigenvalue weighted by Crippen LogP contribution is 2.43. The lowest BCUT2D eigenvalue weighted by molar-refractivity contribution is -0.728.